The predicted octanol–water partition coefficient (Wildman–Crippen LogP) is 3.20. The van der Waals surface area contributed by atoms with Crippen molar-refractivity contribution in [2.24, 2.45) is 0 Å². The minimum Gasteiger partial charge on any atom is -0.435 e. The molecular weight excluding hydrogens is 276 g/mol. The van der Waals surface area contributed by atoms with Crippen LogP contribution in [0.15, 0.2) is 36.7 Å². The second-order valence-electron chi connectivity index (χ2n) is 4.71. The molecular formula is C15H19F2N3O. The van der Waals surface area contributed by atoms with Crippen LogP contribution in [-0.4, -0.2) is 23.4 Å². The fourth-order valence-corrected chi connectivity index (χ4v) is 2.25. The number of rotatable bonds is 7. The summed E-state index contributed by atoms with van der Waals surface area (Å²) in [6, 6.07) is 6.60. The van der Waals surface area contributed by atoms with Gasteiger partial charge in [0.25, 0.3) is 0 Å². The van der Waals surface area contributed by atoms with E-state index >= 15 is 0 Å². The van der Waals surface area contributed by atoms with Crippen LogP contribution in [0, 0.1) is 0 Å². The number of hydrogen-bond donors (Lipinski definition) is 1. The van der Waals surface area contributed by atoms with E-state index in [2.05, 4.69) is 22.1 Å². The number of ether oxygens (including phenoxy) is 1. The van der Waals surface area contributed by atoms with Crippen molar-refractivity contribution in [2.75, 3.05) is 7.05 Å². The predicted molar refractivity (Wildman–Crippen MR) is 76.5 cm³/mol. The van der Waals surface area contributed by atoms with Crippen LogP contribution in [0.1, 0.15) is 30.5 Å². The average molecular weight is 295 g/mol. The largest absolute Gasteiger partial charge is 0.435 e. The number of hydrogen-bond acceptors (Lipinski definition) is 3. The van der Waals surface area contributed by atoms with Crippen LogP contribution in [0.2, 0.25) is 0 Å². The quantitative estimate of drug-likeness (QED) is 0.852. The van der Waals surface area contributed by atoms with Gasteiger partial charge in [-0.05, 0) is 31.2 Å². The molecule has 1 unspecified atom stereocenters. The van der Waals surface area contributed by atoms with Gasteiger partial charge in [0, 0.05) is 18.3 Å². The van der Waals surface area contributed by atoms with Crippen LogP contribution in [0.25, 0.3) is 0 Å². The zero-order valence-corrected chi connectivity index (χ0v) is 12.1. The molecule has 0 aliphatic rings. The van der Waals surface area contributed by atoms with E-state index in [1.165, 1.54) is 0 Å². The van der Waals surface area contributed by atoms with E-state index in [0.29, 0.717) is 0 Å². The van der Waals surface area contributed by atoms with Gasteiger partial charge in [-0.3, -0.25) is 4.68 Å². The Labute approximate surface area is 122 Å². The second-order valence-corrected chi connectivity index (χ2v) is 4.71. The molecule has 1 atom stereocenters. The van der Waals surface area contributed by atoms with Crippen LogP contribution in [-0.2, 0) is 6.54 Å². The Hall–Kier alpha value is -1.95. The van der Waals surface area contributed by atoms with Gasteiger partial charge in [-0.1, -0.05) is 19.1 Å². The van der Waals surface area contributed by atoms with Crippen molar-refractivity contribution in [1.29, 1.82) is 0 Å². The summed E-state index contributed by atoms with van der Waals surface area (Å²) >= 11 is 0. The summed E-state index contributed by atoms with van der Waals surface area (Å²) in [7, 11) is 1.85. The fraction of sp³-hybridized carbons (Fsp3) is 0.400. The van der Waals surface area contributed by atoms with Crippen molar-refractivity contribution >= 4 is 0 Å². The van der Waals surface area contributed by atoms with Gasteiger partial charge in [0.2, 0.25) is 0 Å². The average Bonchev–Trinajstić information content (AvgIpc) is 2.90. The molecule has 2 aromatic rings. The number of aromatic nitrogens is 2. The van der Waals surface area contributed by atoms with Crippen LogP contribution < -0.4 is 10.1 Å². The molecule has 0 fully saturated rings. The summed E-state index contributed by atoms with van der Waals surface area (Å²) in [5.74, 6) is 0.158. The Bertz CT molecular complexity index is 554. The molecule has 1 N–H and O–H groups in total. The van der Waals surface area contributed by atoms with Crippen molar-refractivity contribution in [2.45, 2.75) is 32.5 Å². The van der Waals surface area contributed by atoms with E-state index in [1.807, 2.05) is 24.1 Å². The molecule has 6 heteroatoms. The van der Waals surface area contributed by atoms with E-state index in [1.54, 1.807) is 24.3 Å². The van der Waals surface area contributed by atoms with Gasteiger partial charge in [0.05, 0.1) is 12.2 Å². The van der Waals surface area contributed by atoms with E-state index in [4.69, 9.17) is 0 Å². The molecule has 0 radical (unpaired) electrons. The first kappa shape index (κ1) is 15.4. The molecule has 1 heterocycles. The summed E-state index contributed by atoms with van der Waals surface area (Å²) in [5.41, 5.74) is 2.00. The van der Waals surface area contributed by atoms with Crippen LogP contribution in [0.4, 0.5) is 8.78 Å². The van der Waals surface area contributed by atoms with Gasteiger partial charge in [-0.2, -0.15) is 13.9 Å². The third-order valence-electron chi connectivity index (χ3n) is 3.17. The molecule has 21 heavy (non-hydrogen) atoms. The van der Waals surface area contributed by atoms with Gasteiger partial charge in [-0.25, -0.2) is 0 Å². The SMILES string of the molecule is CCCn1cc(C(NC)c2ccc(OC(F)F)cc2)cn1. The molecule has 0 aliphatic carbocycles. The van der Waals surface area contributed by atoms with E-state index in [0.717, 1.165) is 24.1 Å². The highest BCUT2D eigenvalue weighted by Crippen LogP contribution is 2.24. The monoisotopic (exact) mass is 295 g/mol. The lowest BCUT2D eigenvalue weighted by atomic mass is 10.0. The summed E-state index contributed by atoms with van der Waals surface area (Å²) in [6.07, 6.45) is 4.83. The highest BCUT2D eigenvalue weighted by Gasteiger charge is 2.14. The molecule has 0 aliphatic heterocycles. The Morgan fingerprint density at radius 3 is 2.52 bits per heavy atom. The summed E-state index contributed by atoms with van der Waals surface area (Å²) < 4.78 is 30.5. The summed E-state index contributed by atoms with van der Waals surface area (Å²) in [6.45, 7) is 0.166. The molecule has 0 saturated carbocycles. The molecule has 1 aromatic carbocycles. The maximum atomic E-state index is 12.1. The third kappa shape index (κ3) is 4.01. The van der Waals surface area contributed by atoms with Gasteiger partial charge in [-0.15, -0.1) is 0 Å². The minimum atomic E-state index is -2.80. The number of aryl methyl sites for hydroxylation is 1. The number of alkyl halides is 2. The third-order valence-corrected chi connectivity index (χ3v) is 3.17. The lowest BCUT2D eigenvalue weighted by Crippen LogP contribution is -2.17. The molecule has 1 aromatic heterocycles. The number of nitrogens with zero attached hydrogens (tertiary/aromatic N) is 2. The van der Waals surface area contributed by atoms with Crippen LogP contribution >= 0.6 is 0 Å². The van der Waals surface area contributed by atoms with Crippen molar-refractivity contribution in [3.8, 4) is 5.75 Å². The topological polar surface area (TPSA) is 39.1 Å². The van der Waals surface area contributed by atoms with Crippen molar-refractivity contribution in [1.82, 2.24) is 15.1 Å². The van der Waals surface area contributed by atoms with Crippen molar-refractivity contribution in [3.63, 3.8) is 0 Å². The Kier molecular flexibility index (Phi) is 5.27. The molecule has 2 rings (SSSR count). The van der Waals surface area contributed by atoms with Crippen molar-refractivity contribution < 1.29 is 13.5 Å². The number of nitrogens with one attached hydrogen (secondary N) is 1. The first-order valence-corrected chi connectivity index (χ1v) is 6.88. The van der Waals surface area contributed by atoms with E-state index in [-0.39, 0.29) is 11.8 Å². The standard InChI is InChI=1S/C15H19F2N3O/c1-3-8-20-10-12(9-19-20)14(18-2)11-4-6-13(7-5-11)21-15(16)17/h4-7,9-10,14-15,18H,3,8H2,1-2H3. The lowest BCUT2D eigenvalue weighted by molar-refractivity contribution is -0.0498. The van der Waals surface area contributed by atoms with Gasteiger partial charge in [0.1, 0.15) is 5.75 Å². The Balaban J connectivity index is 2.16. The Morgan fingerprint density at radius 2 is 1.95 bits per heavy atom. The first-order valence-electron chi connectivity index (χ1n) is 6.88. The zero-order valence-electron chi connectivity index (χ0n) is 12.1. The normalized spacial score (nSPS) is 12.6. The molecule has 0 bridgehead atoms. The van der Waals surface area contributed by atoms with E-state index < -0.39 is 6.61 Å². The Morgan fingerprint density at radius 1 is 1.24 bits per heavy atom. The fourth-order valence-electron chi connectivity index (χ4n) is 2.25. The lowest BCUT2D eigenvalue weighted by Gasteiger charge is -2.15. The van der Waals surface area contributed by atoms with Gasteiger partial charge in [0.15, 0.2) is 0 Å². The minimum absolute atomic E-state index is 0.0313. The van der Waals surface area contributed by atoms with Gasteiger partial charge >= 0.3 is 6.61 Å². The highest BCUT2D eigenvalue weighted by molar-refractivity contribution is 5.34. The molecule has 114 valence electrons. The molecule has 0 saturated heterocycles. The maximum Gasteiger partial charge on any atom is 0.387 e. The highest BCUT2D eigenvalue weighted by atomic mass is 19.3. The smallest absolute Gasteiger partial charge is 0.387 e. The molecule has 4 nitrogen and oxygen atoms in total. The van der Waals surface area contributed by atoms with E-state index in [9.17, 15) is 8.78 Å². The molecule has 0 amide bonds. The van der Waals surface area contributed by atoms with Crippen LogP contribution in [0.5, 0.6) is 5.75 Å². The van der Waals surface area contributed by atoms with Crippen molar-refractivity contribution in [3.05, 3.63) is 47.8 Å². The number of halogens is 2. The second kappa shape index (κ2) is 7.17. The first-order chi connectivity index (χ1) is 10.1. The summed E-state index contributed by atoms with van der Waals surface area (Å²) in [5, 5.41) is 7.52. The molecule has 0 spiro atoms. The zero-order chi connectivity index (χ0) is 15.2. The van der Waals surface area contributed by atoms with Gasteiger partial charge < -0.3 is 10.1 Å². The van der Waals surface area contributed by atoms with Crippen LogP contribution in [0.3, 0.4) is 0 Å². The number of benzene rings is 1. The maximum absolute atomic E-state index is 12.1. The summed E-state index contributed by atoms with van der Waals surface area (Å²) in [4.78, 5) is 0.